The van der Waals surface area contributed by atoms with Crippen molar-refractivity contribution < 1.29 is 27.9 Å². The van der Waals surface area contributed by atoms with Crippen LogP contribution in [0.1, 0.15) is 36.8 Å². The smallest absolute Gasteiger partial charge is 0.416 e. The molecular formula is C16H18F3NO3. The van der Waals surface area contributed by atoms with Gasteiger partial charge in [0.1, 0.15) is 0 Å². The van der Waals surface area contributed by atoms with Gasteiger partial charge < -0.3 is 10.4 Å². The van der Waals surface area contributed by atoms with Crippen molar-refractivity contribution in [3.63, 3.8) is 0 Å². The third kappa shape index (κ3) is 4.03. The molecule has 1 saturated carbocycles. The highest BCUT2D eigenvalue weighted by Crippen LogP contribution is 2.44. The summed E-state index contributed by atoms with van der Waals surface area (Å²) in [5, 5.41) is 11.7. The Balaban J connectivity index is 1.88. The molecule has 1 aliphatic carbocycles. The van der Waals surface area contributed by atoms with E-state index in [1.54, 1.807) is 0 Å². The summed E-state index contributed by atoms with van der Waals surface area (Å²) in [6.07, 6.45) is -2.80. The van der Waals surface area contributed by atoms with E-state index in [0.29, 0.717) is 12.8 Å². The number of halogens is 3. The van der Waals surface area contributed by atoms with Crippen LogP contribution in [0, 0.1) is 5.41 Å². The van der Waals surface area contributed by atoms with Crippen molar-refractivity contribution in [2.75, 3.05) is 6.54 Å². The molecule has 1 aromatic rings. The Morgan fingerprint density at radius 3 is 2.39 bits per heavy atom. The van der Waals surface area contributed by atoms with E-state index in [1.165, 1.54) is 18.2 Å². The maximum atomic E-state index is 12.8. The van der Waals surface area contributed by atoms with Crippen LogP contribution in [0.25, 0.3) is 0 Å². The number of amides is 1. The molecule has 1 fully saturated rings. The van der Waals surface area contributed by atoms with Gasteiger partial charge in [0.15, 0.2) is 0 Å². The molecule has 23 heavy (non-hydrogen) atoms. The van der Waals surface area contributed by atoms with Crippen molar-refractivity contribution in [3.05, 3.63) is 35.4 Å². The minimum atomic E-state index is -4.43. The highest BCUT2D eigenvalue weighted by atomic mass is 19.4. The first-order valence-electron chi connectivity index (χ1n) is 7.40. The third-order valence-electron chi connectivity index (χ3n) is 4.30. The number of nitrogens with one attached hydrogen (secondary N) is 1. The summed E-state index contributed by atoms with van der Waals surface area (Å²) in [6.45, 7) is 0.0433. The lowest BCUT2D eigenvalue weighted by molar-refractivity contribution is -0.157. The van der Waals surface area contributed by atoms with Crippen molar-refractivity contribution in [2.24, 2.45) is 5.41 Å². The van der Waals surface area contributed by atoms with Crippen molar-refractivity contribution in [2.45, 2.75) is 38.3 Å². The number of aliphatic carboxylic acids is 1. The van der Waals surface area contributed by atoms with Gasteiger partial charge in [-0.25, -0.2) is 0 Å². The molecule has 1 aromatic carbocycles. The highest BCUT2D eigenvalue weighted by Gasteiger charge is 2.45. The Hall–Kier alpha value is -2.05. The quantitative estimate of drug-likeness (QED) is 0.843. The summed E-state index contributed by atoms with van der Waals surface area (Å²) < 4.78 is 38.5. The number of benzene rings is 1. The van der Waals surface area contributed by atoms with E-state index >= 15 is 0 Å². The van der Waals surface area contributed by atoms with Crippen molar-refractivity contribution in [1.82, 2.24) is 5.32 Å². The Bertz CT molecular complexity index is 594. The number of hydrogen-bond acceptors (Lipinski definition) is 2. The monoisotopic (exact) mass is 329 g/mol. The fourth-order valence-electron chi connectivity index (χ4n) is 2.79. The number of carboxylic acids is 1. The molecule has 0 radical (unpaired) electrons. The zero-order valence-electron chi connectivity index (χ0n) is 12.4. The van der Waals surface area contributed by atoms with Gasteiger partial charge in [-0.1, -0.05) is 24.6 Å². The first-order valence-corrected chi connectivity index (χ1v) is 7.40. The molecule has 0 saturated heterocycles. The van der Waals surface area contributed by atoms with Crippen LogP contribution in [-0.2, 0) is 22.2 Å². The van der Waals surface area contributed by atoms with E-state index in [2.05, 4.69) is 5.32 Å². The van der Waals surface area contributed by atoms with E-state index in [0.717, 1.165) is 12.5 Å². The first kappa shape index (κ1) is 17.3. The standard InChI is InChI=1S/C16H18F3NO3/c17-16(18,19)12-5-2-1-4-11(12)6-9-20-13(21)10-15(14(22)23)7-3-8-15/h1-2,4-5H,3,6-10H2,(H,20,21)(H,22,23). The molecule has 1 aliphatic rings. The van der Waals surface area contributed by atoms with E-state index < -0.39 is 29.0 Å². The normalized spacial score (nSPS) is 16.5. The van der Waals surface area contributed by atoms with Gasteiger partial charge in [0, 0.05) is 13.0 Å². The summed E-state index contributed by atoms with van der Waals surface area (Å²) in [5.41, 5.74) is -1.60. The maximum absolute atomic E-state index is 12.8. The summed E-state index contributed by atoms with van der Waals surface area (Å²) in [4.78, 5) is 23.0. The van der Waals surface area contributed by atoms with Gasteiger partial charge in [0.05, 0.1) is 11.0 Å². The van der Waals surface area contributed by atoms with Crippen LogP contribution in [0.5, 0.6) is 0 Å². The predicted molar refractivity (Wildman–Crippen MR) is 76.7 cm³/mol. The number of hydrogen-bond donors (Lipinski definition) is 2. The van der Waals surface area contributed by atoms with Gasteiger partial charge >= 0.3 is 12.1 Å². The van der Waals surface area contributed by atoms with Gasteiger partial charge in [-0.15, -0.1) is 0 Å². The topological polar surface area (TPSA) is 66.4 Å². The van der Waals surface area contributed by atoms with E-state index in [4.69, 9.17) is 5.11 Å². The van der Waals surface area contributed by atoms with Crippen molar-refractivity contribution >= 4 is 11.9 Å². The largest absolute Gasteiger partial charge is 0.481 e. The SMILES string of the molecule is O=C(CC1(C(=O)O)CCC1)NCCc1ccccc1C(F)(F)F. The molecule has 0 aliphatic heterocycles. The lowest BCUT2D eigenvalue weighted by Gasteiger charge is -2.36. The van der Waals surface area contributed by atoms with E-state index in [-0.39, 0.29) is 24.9 Å². The Labute approximate surface area is 131 Å². The zero-order chi connectivity index (χ0) is 17.1. The molecule has 1 amide bonds. The molecule has 0 spiro atoms. The molecule has 0 heterocycles. The Morgan fingerprint density at radius 2 is 1.87 bits per heavy atom. The average molecular weight is 329 g/mol. The number of rotatable bonds is 6. The fourth-order valence-corrected chi connectivity index (χ4v) is 2.79. The molecule has 126 valence electrons. The van der Waals surface area contributed by atoms with Gasteiger partial charge in [-0.3, -0.25) is 9.59 Å². The number of carbonyl (C=O) groups is 2. The number of alkyl halides is 3. The van der Waals surface area contributed by atoms with Crippen molar-refractivity contribution in [3.8, 4) is 0 Å². The van der Waals surface area contributed by atoms with E-state index in [1.807, 2.05) is 0 Å². The summed E-state index contributed by atoms with van der Waals surface area (Å²) >= 11 is 0. The van der Waals surface area contributed by atoms with E-state index in [9.17, 15) is 22.8 Å². The highest BCUT2D eigenvalue weighted by molar-refractivity contribution is 5.85. The fraction of sp³-hybridized carbons (Fsp3) is 0.500. The molecule has 0 atom stereocenters. The molecule has 7 heteroatoms. The number of carboxylic acid groups (broad SMARTS) is 1. The molecule has 0 bridgehead atoms. The molecule has 0 aromatic heterocycles. The molecule has 2 N–H and O–H groups in total. The lowest BCUT2D eigenvalue weighted by atomic mass is 9.66. The Morgan fingerprint density at radius 1 is 1.22 bits per heavy atom. The van der Waals surface area contributed by atoms with Crippen LogP contribution in [0.15, 0.2) is 24.3 Å². The molecule has 2 rings (SSSR count). The van der Waals surface area contributed by atoms with Gasteiger partial charge in [0.25, 0.3) is 0 Å². The van der Waals surface area contributed by atoms with Crippen molar-refractivity contribution in [1.29, 1.82) is 0 Å². The van der Waals surface area contributed by atoms with Gasteiger partial charge in [0.2, 0.25) is 5.91 Å². The van der Waals surface area contributed by atoms with Crippen LogP contribution in [0.4, 0.5) is 13.2 Å². The van der Waals surface area contributed by atoms with Crippen LogP contribution in [0.2, 0.25) is 0 Å². The second kappa shape index (κ2) is 6.60. The van der Waals surface area contributed by atoms with Crippen LogP contribution in [0.3, 0.4) is 0 Å². The Kier molecular flexibility index (Phi) is 4.97. The third-order valence-corrected chi connectivity index (χ3v) is 4.30. The average Bonchev–Trinajstić information content (AvgIpc) is 2.42. The predicted octanol–water partition coefficient (Wildman–Crippen LogP) is 3.01. The van der Waals surface area contributed by atoms with Crippen LogP contribution in [-0.4, -0.2) is 23.5 Å². The van der Waals surface area contributed by atoms with Crippen LogP contribution >= 0.6 is 0 Å². The summed E-state index contributed by atoms with van der Waals surface area (Å²) in [5.74, 6) is -1.42. The number of carbonyl (C=O) groups excluding carboxylic acids is 1. The second-order valence-electron chi connectivity index (χ2n) is 5.87. The van der Waals surface area contributed by atoms with Gasteiger partial charge in [-0.05, 0) is 30.9 Å². The summed E-state index contributed by atoms with van der Waals surface area (Å²) in [6, 6.07) is 5.21. The second-order valence-corrected chi connectivity index (χ2v) is 5.87. The maximum Gasteiger partial charge on any atom is 0.416 e. The molecule has 4 nitrogen and oxygen atoms in total. The minimum absolute atomic E-state index is 0.0431. The minimum Gasteiger partial charge on any atom is -0.481 e. The van der Waals surface area contributed by atoms with Gasteiger partial charge in [-0.2, -0.15) is 13.2 Å². The van der Waals surface area contributed by atoms with Crippen LogP contribution < -0.4 is 5.32 Å². The molecular weight excluding hydrogens is 311 g/mol. The summed E-state index contributed by atoms with van der Waals surface area (Å²) in [7, 11) is 0. The first-order chi connectivity index (χ1) is 10.7. The zero-order valence-corrected chi connectivity index (χ0v) is 12.4. The lowest BCUT2D eigenvalue weighted by Crippen LogP contribution is -2.42. The molecule has 0 unspecified atom stereocenters.